The minimum Gasteiger partial charge on any atom is -0.469 e. The van der Waals surface area contributed by atoms with E-state index in [4.69, 9.17) is 16.1 Å². The first-order valence-corrected chi connectivity index (χ1v) is 23.6. The molecule has 4 nitrogen and oxygen atoms in total. The zero-order valence-corrected chi connectivity index (χ0v) is 36.1. The molecule has 3 aromatic carbocycles. The van der Waals surface area contributed by atoms with Gasteiger partial charge in [-0.2, -0.15) is 0 Å². The predicted octanol–water partition coefficient (Wildman–Crippen LogP) is 10.7. The third kappa shape index (κ3) is 5.68. The van der Waals surface area contributed by atoms with Crippen molar-refractivity contribution in [2.24, 2.45) is 56.7 Å². The molecule has 5 aliphatic carbocycles. The van der Waals surface area contributed by atoms with Crippen LogP contribution in [0.25, 0.3) is 0 Å². The Morgan fingerprint density at radius 1 is 0.679 bits per heavy atom. The third-order valence-electron chi connectivity index (χ3n) is 17.8. The molecule has 298 valence electrons. The molecule has 0 heterocycles. The first-order valence-electron chi connectivity index (χ1n) is 21.7. The number of carbonyl (C=O) groups is 2. The normalized spacial score (nSPS) is 37.2. The molecule has 5 unspecified atom stereocenters. The van der Waals surface area contributed by atoms with Crippen LogP contribution in [0, 0.1) is 56.7 Å². The Morgan fingerprint density at radius 2 is 1.25 bits per heavy atom. The zero-order chi connectivity index (χ0) is 39.7. The quantitative estimate of drug-likeness (QED) is 0.130. The van der Waals surface area contributed by atoms with Crippen LogP contribution in [0.4, 0.5) is 0 Å². The van der Waals surface area contributed by atoms with Gasteiger partial charge in [0.05, 0.1) is 18.7 Å². The fourth-order valence-corrected chi connectivity index (χ4v) is 19.5. The summed E-state index contributed by atoms with van der Waals surface area (Å²) in [6.45, 7) is 19.4. The van der Waals surface area contributed by atoms with Crippen molar-refractivity contribution in [3.05, 3.63) is 103 Å². The number of carbonyl (C=O) groups excluding carboxylic acids is 2. The molecule has 0 bridgehead atoms. The van der Waals surface area contributed by atoms with E-state index in [2.05, 4.69) is 126 Å². The van der Waals surface area contributed by atoms with E-state index in [9.17, 15) is 9.59 Å². The topological polar surface area (TPSA) is 52.6 Å². The number of fused-ring (bicyclic) bond motifs is 7. The van der Waals surface area contributed by atoms with Gasteiger partial charge in [0.15, 0.2) is 0 Å². The maximum Gasteiger partial charge on any atom is 0.312 e. The van der Waals surface area contributed by atoms with Crippen LogP contribution >= 0.6 is 7.26 Å². The molecule has 56 heavy (non-hydrogen) atoms. The van der Waals surface area contributed by atoms with Gasteiger partial charge in [-0.15, -0.1) is 0 Å². The highest BCUT2D eigenvalue weighted by atomic mass is 31.2. The molecule has 3 aromatic rings. The van der Waals surface area contributed by atoms with Gasteiger partial charge in [-0.05, 0) is 152 Å². The van der Waals surface area contributed by atoms with Gasteiger partial charge in [-0.3, -0.25) is 9.59 Å². The Kier molecular flexibility index (Phi) is 10.1. The second-order valence-electron chi connectivity index (χ2n) is 20.1. The van der Waals surface area contributed by atoms with Gasteiger partial charge in [0.25, 0.3) is 0 Å². The van der Waals surface area contributed by atoms with E-state index in [1.807, 2.05) is 0 Å². The molecule has 0 radical (unpaired) electrons. The van der Waals surface area contributed by atoms with Gasteiger partial charge in [0, 0.05) is 12.3 Å². The summed E-state index contributed by atoms with van der Waals surface area (Å²) < 4.78 is 11.8. The van der Waals surface area contributed by atoms with Crippen molar-refractivity contribution in [3.63, 3.8) is 0 Å². The third-order valence-corrected chi connectivity index (χ3v) is 22.2. The number of hydrogen-bond donors (Lipinski definition) is 0. The Morgan fingerprint density at radius 3 is 1.79 bits per heavy atom. The van der Waals surface area contributed by atoms with Gasteiger partial charge in [0.2, 0.25) is 0 Å². The van der Waals surface area contributed by atoms with Crippen LogP contribution in [0.1, 0.15) is 106 Å². The Labute approximate surface area is 338 Å². The van der Waals surface area contributed by atoms with Gasteiger partial charge in [0.1, 0.15) is 29.3 Å². The smallest absolute Gasteiger partial charge is 0.312 e. The fourth-order valence-electron chi connectivity index (χ4n) is 15.2. The van der Waals surface area contributed by atoms with Crippen LogP contribution in [0.5, 0.6) is 0 Å². The lowest BCUT2D eigenvalue weighted by molar-refractivity contribution is -0.250. The average molecular weight is 774 g/mol. The number of methoxy groups -OCH3 is 1. The molecule has 0 spiro atoms. The molecule has 0 saturated heterocycles. The highest BCUT2D eigenvalue weighted by Crippen LogP contribution is 2.78. The van der Waals surface area contributed by atoms with Gasteiger partial charge in [-0.1, -0.05) is 95.8 Å². The minimum atomic E-state index is -2.15. The summed E-state index contributed by atoms with van der Waals surface area (Å²) in [5, 5.41) is 4.15. The van der Waals surface area contributed by atoms with E-state index >= 15 is 0 Å². The van der Waals surface area contributed by atoms with Crippen LogP contribution in [-0.4, -0.2) is 31.3 Å². The monoisotopic (exact) mass is 773 g/mol. The highest BCUT2D eigenvalue weighted by Gasteiger charge is 2.72. The fraction of sp³-hybridized carbons (Fsp3) is 0.569. The van der Waals surface area contributed by atoms with Crippen molar-refractivity contribution >= 4 is 35.1 Å². The van der Waals surface area contributed by atoms with Crippen LogP contribution in [0.15, 0.2) is 103 Å². The first-order chi connectivity index (χ1) is 26.7. The predicted molar refractivity (Wildman–Crippen MR) is 231 cm³/mol. The molecule has 0 amide bonds. The maximum atomic E-state index is 14.4. The van der Waals surface area contributed by atoms with Crippen molar-refractivity contribution in [1.29, 1.82) is 0 Å². The van der Waals surface area contributed by atoms with E-state index in [1.54, 1.807) is 14.0 Å². The van der Waals surface area contributed by atoms with Gasteiger partial charge < -0.3 is 9.47 Å². The number of hydrogen-bond acceptors (Lipinski definition) is 4. The van der Waals surface area contributed by atoms with Crippen LogP contribution in [0.3, 0.4) is 0 Å². The van der Waals surface area contributed by atoms with Gasteiger partial charge >= 0.3 is 11.9 Å². The Bertz CT molecular complexity index is 1850. The van der Waals surface area contributed by atoms with Crippen molar-refractivity contribution in [2.45, 2.75) is 112 Å². The van der Waals surface area contributed by atoms with E-state index in [0.29, 0.717) is 17.8 Å². The summed E-state index contributed by atoms with van der Waals surface area (Å²) in [4.78, 5) is 26.6. The van der Waals surface area contributed by atoms with Crippen molar-refractivity contribution in [2.75, 3.05) is 13.3 Å². The van der Waals surface area contributed by atoms with Crippen molar-refractivity contribution in [3.8, 4) is 0 Å². The van der Waals surface area contributed by atoms with Crippen molar-refractivity contribution in [1.82, 2.24) is 0 Å². The standard InChI is InChI=1S/C51H66O4P/c1-35(34-56(37-18-12-9-13-19-37,38-20-14-10-15-21-38)39-22-16-11-17-23-39)40-26-31-51(46(53)54-8)33-32-49(6)41(45(40)51)24-25-43-48(5)29-28-44(55-36(2)52)47(3,4)42(48)27-30-50(43,49)7/h9-23,40-45H,1,24-34H2,2-8H3/q+1/t40?,41?,42?,43?,44-,45?,48-,49+,50+,51-/m0/s1. The molecule has 0 aliphatic heterocycles. The lowest BCUT2D eigenvalue weighted by atomic mass is 9.32. The molecule has 8 rings (SSSR count). The van der Waals surface area contributed by atoms with Crippen LogP contribution in [-0.2, 0) is 19.1 Å². The lowest BCUT2D eigenvalue weighted by Gasteiger charge is -2.72. The molecule has 10 atom stereocenters. The summed E-state index contributed by atoms with van der Waals surface area (Å²) in [7, 11) is -0.531. The lowest BCUT2D eigenvalue weighted by Crippen LogP contribution is -2.67. The second kappa shape index (κ2) is 14.2. The van der Waals surface area contributed by atoms with E-state index in [-0.39, 0.29) is 51.5 Å². The maximum absolute atomic E-state index is 14.4. The number of ether oxygens (including phenoxy) is 2. The summed E-state index contributed by atoms with van der Waals surface area (Å²) in [6.07, 6.45) is 11.5. The second-order valence-corrected chi connectivity index (χ2v) is 23.6. The van der Waals surface area contributed by atoms with Crippen LogP contribution < -0.4 is 15.9 Å². The number of allylic oxidation sites excluding steroid dienone is 1. The molecule has 5 aliphatic rings. The summed E-state index contributed by atoms with van der Waals surface area (Å²) >= 11 is 0. The molecule has 5 fully saturated rings. The molecule has 0 N–H and O–H groups in total. The first kappa shape index (κ1) is 39.6. The molecular formula is C51H66O4P+. The van der Waals surface area contributed by atoms with E-state index in [1.165, 1.54) is 34.3 Å². The molecular weight excluding hydrogens is 708 g/mol. The SMILES string of the molecule is C=C(C[P+](c1ccccc1)(c1ccccc1)c1ccccc1)C1CC[C@]2(C(=O)OC)CC[C@]3(C)C(CCC4[C@@]5(C)CC[C@H](OC(C)=O)C(C)(C)C5CC[C@]43C)C12. The molecule has 5 heteroatoms. The minimum absolute atomic E-state index is 0.0172. The number of esters is 2. The molecule has 0 aromatic heterocycles. The number of benzene rings is 3. The van der Waals surface area contributed by atoms with E-state index in [0.717, 1.165) is 57.5 Å². The van der Waals surface area contributed by atoms with E-state index < -0.39 is 12.7 Å². The summed E-state index contributed by atoms with van der Waals surface area (Å²) in [6, 6.07) is 33.6. The largest absolute Gasteiger partial charge is 0.469 e. The number of rotatable bonds is 8. The highest BCUT2D eigenvalue weighted by molar-refractivity contribution is 7.95. The van der Waals surface area contributed by atoms with Gasteiger partial charge in [-0.25, -0.2) is 0 Å². The summed E-state index contributed by atoms with van der Waals surface area (Å²) in [5.41, 5.74) is 1.22. The zero-order valence-electron chi connectivity index (χ0n) is 35.2. The van der Waals surface area contributed by atoms with Crippen LogP contribution in [0.2, 0.25) is 0 Å². The Hall–Kier alpha value is -3.23. The summed E-state index contributed by atoms with van der Waals surface area (Å²) in [5.74, 6) is 1.85. The van der Waals surface area contributed by atoms with Crippen molar-refractivity contribution < 1.29 is 19.1 Å². The average Bonchev–Trinajstić information content (AvgIpc) is 3.60. The Balaban J connectivity index is 1.19. The molecule has 5 saturated carbocycles.